The summed E-state index contributed by atoms with van der Waals surface area (Å²) in [6.07, 6.45) is 6.19. The number of benzene rings is 1. The number of nitrogens with two attached hydrogens (primary N) is 1. The minimum Gasteiger partial charge on any atom is -0.469 e. The zero-order valence-corrected chi connectivity index (χ0v) is 13.5. The number of aliphatic hydroxyl groups is 1. The highest BCUT2D eigenvalue weighted by Gasteiger charge is 2.43. The van der Waals surface area contributed by atoms with Gasteiger partial charge >= 0.3 is 0 Å². The van der Waals surface area contributed by atoms with Gasteiger partial charge in [-0.05, 0) is 36.6 Å². The topological polar surface area (TPSA) is 82.6 Å². The molecule has 0 bridgehead atoms. The molecule has 0 aliphatic carbocycles. The number of allylic oxidation sites excluding steroid dienone is 2. The fourth-order valence-electron chi connectivity index (χ4n) is 3.04. The third-order valence-corrected chi connectivity index (χ3v) is 4.68. The van der Waals surface area contributed by atoms with Crippen LogP contribution in [-0.2, 0) is 4.74 Å². The molecule has 1 fully saturated rings. The Bertz CT molecular complexity index is 666. The van der Waals surface area contributed by atoms with Gasteiger partial charge in [0.05, 0.1) is 12.4 Å². The van der Waals surface area contributed by atoms with Gasteiger partial charge in [-0.3, -0.25) is 10.3 Å². The molecule has 0 amide bonds. The van der Waals surface area contributed by atoms with Crippen molar-refractivity contribution in [2.45, 2.75) is 24.7 Å². The van der Waals surface area contributed by atoms with E-state index in [1.54, 1.807) is 6.26 Å². The van der Waals surface area contributed by atoms with Gasteiger partial charge in [0.2, 0.25) is 5.72 Å². The van der Waals surface area contributed by atoms with Crippen LogP contribution in [0.25, 0.3) is 5.57 Å². The molecule has 6 heteroatoms. The molecule has 4 N–H and O–H groups in total. The summed E-state index contributed by atoms with van der Waals surface area (Å²) in [5.41, 5.74) is 6.50. The van der Waals surface area contributed by atoms with Crippen molar-refractivity contribution in [1.82, 2.24) is 4.90 Å². The van der Waals surface area contributed by atoms with E-state index in [0.717, 1.165) is 11.1 Å². The lowest BCUT2D eigenvalue weighted by molar-refractivity contribution is -0.0543. The van der Waals surface area contributed by atoms with Crippen LogP contribution in [0, 0.1) is 5.41 Å². The molecule has 2 heterocycles. The Balaban J connectivity index is 1.99. The standard InChI is InChI=1S/C17H20ClN3O2/c18-15-4-2-1-3-14(15)12-7-10-23-17(11-12,16(19)20)21-8-5-13(22)6-9-21/h1-4,7,10-11,13,22H,5-6,8-9H2,(H3,19,20). The molecule has 5 nitrogen and oxygen atoms in total. The second-order valence-electron chi connectivity index (χ2n) is 5.83. The summed E-state index contributed by atoms with van der Waals surface area (Å²) in [6, 6.07) is 7.54. The van der Waals surface area contributed by atoms with E-state index >= 15 is 0 Å². The lowest BCUT2D eigenvalue weighted by Crippen LogP contribution is -2.60. The first-order valence-corrected chi connectivity index (χ1v) is 8.00. The second-order valence-corrected chi connectivity index (χ2v) is 6.24. The van der Waals surface area contributed by atoms with Crippen LogP contribution in [0.2, 0.25) is 5.02 Å². The molecular formula is C17H20ClN3O2. The van der Waals surface area contributed by atoms with E-state index in [-0.39, 0.29) is 11.9 Å². The maximum Gasteiger partial charge on any atom is 0.240 e. The van der Waals surface area contributed by atoms with Gasteiger partial charge < -0.3 is 15.6 Å². The number of hydrogen-bond donors (Lipinski definition) is 3. The van der Waals surface area contributed by atoms with Crippen molar-refractivity contribution in [1.29, 1.82) is 5.41 Å². The van der Waals surface area contributed by atoms with Crippen LogP contribution in [-0.4, -0.2) is 40.8 Å². The summed E-state index contributed by atoms with van der Waals surface area (Å²) < 4.78 is 5.79. The molecule has 3 rings (SSSR count). The van der Waals surface area contributed by atoms with Crippen LogP contribution in [0.1, 0.15) is 18.4 Å². The maximum atomic E-state index is 9.72. The highest BCUT2D eigenvalue weighted by molar-refractivity contribution is 6.32. The summed E-state index contributed by atoms with van der Waals surface area (Å²) in [7, 11) is 0. The molecule has 0 aromatic heterocycles. The Morgan fingerprint density at radius 2 is 2.04 bits per heavy atom. The number of likely N-dealkylation sites (tertiary alicyclic amines) is 1. The van der Waals surface area contributed by atoms with Gasteiger partial charge in [0.15, 0.2) is 5.84 Å². The molecule has 1 unspecified atom stereocenters. The molecule has 1 aromatic rings. The molecule has 23 heavy (non-hydrogen) atoms. The summed E-state index contributed by atoms with van der Waals surface area (Å²) in [5.74, 6) is -0.0807. The fraction of sp³-hybridized carbons (Fsp3) is 0.353. The van der Waals surface area contributed by atoms with Gasteiger partial charge in [-0.1, -0.05) is 29.8 Å². The summed E-state index contributed by atoms with van der Waals surface area (Å²) in [5, 5.41) is 18.4. The van der Waals surface area contributed by atoms with Gasteiger partial charge in [-0.2, -0.15) is 0 Å². The Kier molecular flexibility index (Phi) is 4.43. The monoisotopic (exact) mass is 333 g/mol. The number of hydrogen-bond acceptors (Lipinski definition) is 4. The van der Waals surface area contributed by atoms with E-state index in [0.29, 0.717) is 31.0 Å². The first-order valence-electron chi connectivity index (χ1n) is 7.62. The maximum absolute atomic E-state index is 9.72. The first-order chi connectivity index (χ1) is 11.0. The van der Waals surface area contributed by atoms with Gasteiger partial charge in [-0.15, -0.1) is 0 Å². The second kappa shape index (κ2) is 6.35. The summed E-state index contributed by atoms with van der Waals surface area (Å²) in [6.45, 7) is 1.22. The molecule has 0 radical (unpaired) electrons. The van der Waals surface area contributed by atoms with Crippen LogP contribution in [0.5, 0.6) is 0 Å². The average molecular weight is 334 g/mol. The smallest absolute Gasteiger partial charge is 0.240 e. The van der Waals surface area contributed by atoms with E-state index in [1.165, 1.54) is 0 Å². The fourth-order valence-corrected chi connectivity index (χ4v) is 3.29. The Morgan fingerprint density at radius 3 is 2.70 bits per heavy atom. The molecule has 2 aliphatic heterocycles. The van der Waals surface area contributed by atoms with Crippen LogP contribution in [0.15, 0.2) is 42.7 Å². The largest absolute Gasteiger partial charge is 0.469 e. The Morgan fingerprint density at radius 1 is 1.35 bits per heavy atom. The lowest BCUT2D eigenvalue weighted by atomic mass is 9.95. The van der Waals surface area contributed by atoms with E-state index in [2.05, 4.69) is 0 Å². The quantitative estimate of drug-likeness (QED) is 0.586. The molecule has 2 aliphatic rings. The summed E-state index contributed by atoms with van der Waals surface area (Å²) in [4.78, 5) is 1.99. The number of piperidine rings is 1. The van der Waals surface area contributed by atoms with E-state index in [9.17, 15) is 5.11 Å². The molecule has 1 atom stereocenters. The number of ether oxygens (including phenoxy) is 1. The zero-order chi connectivity index (χ0) is 16.4. The molecule has 1 saturated heterocycles. The van der Waals surface area contributed by atoms with Crippen LogP contribution < -0.4 is 5.73 Å². The molecule has 122 valence electrons. The minimum atomic E-state index is -1.12. The van der Waals surface area contributed by atoms with Crippen LogP contribution in [0.3, 0.4) is 0 Å². The van der Waals surface area contributed by atoms with Crippen molar-refractivity contribution in [2.75, 3.05) is 13.1 Å². The lowest BCUT2D eigenvalue weighted by Gasteiger charge is -2.44. The van der Waals surface area contributed by atoms with Crippen LogP contribution >= 0.6 is 11.6 Å². The SMILES string of the molecule is N=C(N)C1(N2CCC(O)CC2)C=C(c2ccccc2Cl)C=CO1. The van der Waals surface area contributed by atoms with Crippen molar-refractivity contribution in [3.63, 3.8) is 0 Å². The molecule has 1 aromatic carbocycles. The first kappa shape index (κ1) is 16.1. The summed E-state index contributed by atoms with van der Waals surface area (Å²) >= 11 is 6.29. The van der Waals surface area contributed by atoms with Crippen molar-refractivity contribution in [2.24, 2.45) is 5.73 Å². The van der Waals surface area contributed by atoms with E-state index in [4.69, 9.17) is 27.5 Å². The normalized spacial score (nSPS) is 25.7. The Labute approximate surface area is 140 Å². The third kappa shape index (κ3) is 3.00. The number of nitrogens with one attached hydrogen (secondary N) is 1. The van der Waals surface area contributed by atoms with Crippen molar-refractivity contribution in [3.8, 4) is 0 Å². The third-order valence-electron chi connectivity index (χ3n) is 4.35. The predicted molar refractivity (Wildman–Crippen MR) is 91.1 cm³/mol. The number of nitrogens with zero attached hydrogens (tertiary/aromatic N) is 1. The zero-order valence-electron chi connectivity index (χ0n) is 12.7. The van der Waals surface area contributed by atoms with Crippen molar-refractivity contribution < 1.29 is 9.84 Å². The molecule has 0 saturated carbocycles. The van der Waals surface area contributed by atoms with E-state index in [1.807, 2.05) is 41.3 Å². The minimum absolute atomic E-state index is 0.0807. The highest BCUT2D eigenvalue weighted by Crippen LogP contribution is 2.34. The number of rotatable bonds is 3. The number of halogens is 1. The van der Waals surface area contributed by atoms with Crippen LogP contribution in [0.4, 0.5) is 0 Å². The Hall–Kier alpha value is -1.82. The van der Waals surface area contributed by atoms with E-state index < -0.39 is 5.72 Å². The average Bonchev–Trinajstić information content (AvgIpc) is 2.56. The molecule has 0 spiro atoms. The predicted octanol–water partition coefficient (Wildman–Crippen LogP) is 2.36. The number of amidine groups is 1. The van der Waals surface area contributed by atoms with Gasteiger partial charge in [-0.25, -0.2) is 0 Å². The van der Waals surface area contributed by atoms with Crippen molar-refractivity contribution >= 4 is 23.0 Å². The van der Waals surface area contributed by atoms with Gasteiger partial charge in [0.25, 0.3) is 0 Å². The molecular weight excluding hydrogens is 314 g/mol. The number of aliphatic hydroxyl groups excluding tert-OH is 1. The van der Waals surface area contributed by atoms with Crippen molar-refractivity contribution in [3.05, 3.63) is 53.3 Å². The van der Waals surface area contributed by atoms with Gasteiger partial charge in [0, 0.05) is 23.7 Å². The van der Waals surface area contributed by atoms with Gasteiger partial charge in [0.1, 0.15) is 0 Å². The highest BCUT2D eigenvalue weighted by atomic mass is 35.5.